The molecule has 0 saturated heterocycles. The monoisotopic (exact) mass is 309 g/mol. The molecule has 0 saturated carbocycles. The lowest BCUT2D eigenvalue weighted by Gasteiger charge is -2.12. The molecule has 0 aliphatic carbocycles. The number of primary sulfonamides is 1. The largest absolute Gasteiger partial charge is 0.399 e. The second-order valence-corrected chi connectivity index (χ2v) is 6.30. The lowest BCUT2D eigenvalue weighted by Crippen LogP contribution is -2.16. The SMILES string of the molecule is CCc1nc(CC)n(-c2cc(N)cc(S(N)(=O)=O)c2C)n1. The van der Waals surface area contributed by atoms with E-state index in [1.165, 1.54) is 6.07 Å². The zero-order valence-corrected chi connectivity index (χ0v) is 13.1. The van der Waals surface area contributed by atoms with Crippen LogP contribution in [0, 0.1) is 6.92 Å². The van der Waals surface area contributed by atoms with E-state index in [2.05, 4.69) is 10.1 Å². The zero-order chi connectivity index (χ0) is 15.8. The van der Waals surface area contributed by atoms with Crippen LogP contribution in [0.15, 0.2) is 17.0 Å². The van der Waals surface area contributed by atoms with E-state index in [9.17, 15) is 8.42 Å². The highest BCUT2D eigenvalue weighted by molar-refractivity contribution is 7.89. The minimum Gasteiger partial charge on any atom is -0.399 e. The highest BCUT2D eigenvalue weighted by atomic mass is 32.2. The number of benzene rings is 1. The molecule has 7 nitrogen and oxygen atoms in total. The maximum Gasteiger partial charge on any atom is 0.238 e. The van der Waals surface area contributed by atoms with Crippen LogP contribution in [0.25, 0.3) is 5.69 Å². The summed E-state index contributed by atoms with van der Waals surface area (Å²) < 4.78 is 25.0. The molecule has 1 heterocycles. The maximum atomic E-state index is 11.7. The topological polar surface area (TPSA) is 117 Å². The van der Waals surface area contributed by atoms with E-state index in [1.807, 2.05) is 13.8 Å². The molecule has 0 amide bonds. The summed E-state index contributed by atoms with van der Waals surface area (Å²) in [5, 5.41) is 9.66. The van der Waals surface area contributed by atoms with Crippen LogP contribution >= 0.6 is 0 Å². The third-order valence-corrected chi connectivity index (χ3v) is 4.28. The van der Waals surface area contributed by atoms with Crippen molar-refractivity contribution in [1.82, 2.24) is 14.8 Å². The lowest BCUT2D eigenvalue weighted by molar-refractivity contribution is 0.597. The summed E-state index contributed by atoms with van der Waals surface area (Å²) in [6, 6.07) is 3.04. The Kier molecular flexibility index (Phi) is 4.02. The molecular weight excluding hydrogens is 290 g/mol. The van der Waals surface area contributed by atoms with Gasteiger partial charge in [-0.2, -0.15) is 5.10 Å². The van der Waals surface area contributed by atoms with Gasteiger partial charge in [0.05, 0.1) is 10.6 Å². The first-order valence-electron chi connectivity index (χ1n) is 6.66. The summed E-state index contributed by atoms with van der Waals surface area (Å²) in [6.07, 6.45) is 1.37. The molecule has 0 bridgehead atoms. The summed E-state index contributed by atoms with van der Waals surface area (Å²) in [6.45, 7) is 5.60. The van der Waals surface area contributed by atoms with Crippen LogP contribution in [0.2, 0.25) is 0 Å². The second-order valence-electron chi connectivity index (χ2n) is 4.77. The fourth-order valence-electron chi connectivity index (χ4n) is 2.17. The summed E-state index contributed by atoms with van der Waals surface area (Å²) >= 11 is 0. The highest BCUT2D eigenvalue weighted by Crippen LogP contribution is 2.25. The Morgan fingerprint density at radius 3 is 2.43 bits per heavy atom. The first-order chi connectivity index (χ1) is 9.77. The van der Waals surface area contributed by atoms with Gasteiger partial charge in [-0.15, -0.1) is 0 Å². The first-order valence-corrected chi connectivity index (χ1v) is 8.20. The molecule has 0 atom stereocenters. The van der Waals surface area contributed by atoms with E-state index in [0.29, 0.717) is 35.6 Å². The fourth-order valence-corrected chi connectivity index (χ4v) is 3.00. The van der Waals surface area contributed by atoms with Crippen molar-refractivity contribution < 1.29 is 8.42 Å². The average molecular weight is 309 g/mol. The standard InChI is InChI=1S/C13H19N5O2S/c1-4-12-16-13(5-2)18(17-12)10-6-9(14)7-11(8(10)3)21(15,19)20/h6-7H,4-5,14H2,1-3H3,(H2,15,19,20). The van der Waals surface area contributed by atoms with Crippen LogP contribution in [-0.4, -0.2) is 23.2 Å². The molecule has 0 aliphatic heterocycles. The van der Waals surface area contributed by atoms with E-state index >= 15 is 0 Å². The van der Waals surface area contributed by atoms with Crippen LogP contribution in [0.3, 0.4) is 0 Å². The minimum absolute atomic E-state index is 0.00750. The van der Waals surface area contributed by atoms with Crippen molar-refractivity contribution in [3.8, 4) is 5.69 Å². The fraction of sp³-hybridized carbons (Fsp3) is 0.385. The van der Waals surface area contributed by atoms with E-state index in [1.54, 1.807) is 17.7 Å². The van der Waals surface area contributed by atoms with Crippen molar-refractivity contribution in [3.63, 3.8) is 0 Å². The van der Waals surface area contributed by atoms with Crippen molar-refractivity contribution in [3.05, 3.63) is 29.3 Å². The maximum absolute atomic E-state index is 11.7. The van der Waals surface area contributed by atoms with Gasteiger partial charge in [-0.25, -0.2) is 23.2 Å². The molecule has 0 fully saturated rings. The Balaban J connectivity index is 2.76. The van der Waals surface area contributed by atoms with Crippen LogP contribution < -0.4 is 10.9 Å². The molecule has 21 heavy (non-hydrogen) atoms. The zero-order valence-electron chi connectivity index (χ0n) is 12.3. The number of aromatic nitrogens is 3. The summed E-state index contributed by atoms with van der Waals surface area (Å²) in [5.41, 5.74) is 7.22. The van der Waals surface area contributed by atoms with Crippen molar-refractivity contribution in [2.24, 2.45) is 5.14 Å². The molecule has 2 aromatic rings. The number of sulfonamides is 1. The number of nitrogens with two attached hydrogens (primary N) is 2. The molecule has 1 aromatic heterocycles. The van der Waals surface area contributed by atoms with Crippen LogP contribution in [0.4, 0.5) is 5.69 Å². The van der Waals surface area contributed by atoms with Gasteiger partial charge in [0, 0.05) is 18.5 Å². The van der Waals surface area contributed by atoms with Gasteiger partial charge in [-0.1, -0.05) is 13.8 Å². The molecule has 114 valence electrons. The second kappa shape index (κ2) is 5.45. The molecule has 1 aromatic carbocycles. The van der Waals surface area contributed by atoms with Gasteiger partial charge in [-0.3, -0.25) is 0 Å². The molecule has 0 aliphatic rings. The normalized spacial score (nSPS) is 11.8. The number of nitrogen functional groups attached to an aromatic ring is 1. The Morgan fingerprint density at radius 1 is 1.24 bits per heavy atom. The molecule has 8 heteroatoms. The highest BCUT2D eigenvalue weighted by Gasteiger charge is 2.19. The molecule has 0 radical (unpaired) electrons. The van der Waals surface area contributed by atoms with Crippen molar-refractivity contribution in [2.45, 2.75) is 38.5 Å². The van der Waals surface area contributed by atoms with Gasteiger partial charge in [0.15, 0.2) is 5.82 Å². The number of nitrogens with zero attached hydrogens (tertiary/aromatic N) is 3. The Labute approximate surface area is 124 Å². The summed E-state index contributed by atoms with van der Waals surface area (Å²) in [7, 11) is -3.85. The number of rotatable bonds is 4. The van der Waals surface area contributed by atoms with E-state index < -0.39 is 10.0 Å². The predicted molar refractivity (Wildman–Crippen MR) is 80.6 cm³/mol. The Hall–Kier alpha value is -1.93. The smallest absolute Gasteiger partial charge is 0.238 e. The summed E-state index contributed by atoms with van der Waals surface area (Å²) in [4.78, 5) is 4.42. The molecule has 4 N–H and O–H groups in total. The van der Waals surface area contributed by atoms with E-state index in [0.717, 1.165) is 5.82 Å². The van der Waals surface area contributed by atoms with E-state index in [4.69, 9.17) is 10.9 Å². The van der Waals surface area contributed by atoms with E-state index in [-0.39, 0.29) is 4.90 Å². The predicted octanol–water partition coefficient (Wildman–Crippen LogP) is 0.930. The summed E-state index contributed by atoms with van der Waals surface area (Å²) in [5.74, 6) is 1.45. The minimum atomic E-state index is -3.85. The average Bonchev–Trinajstić information content (AvgIpc) is 2.83. The number of hydrogen-bond donors (Lipinski definition) is 2. The molecule has 0 unspecified atom stereocenters. The van der Waals surface area contributed by atoms with Crippen molar-refractivity contribution in [1.29, 1.82) is 0 Å². The number of aryl methyl sites for hydroxylation is 2. The van der Waals surface area contributed by atoms with Gasteiger partial charge in [0.1, 0.15) is 5.82 Å². The van der Waals surface area contributed by atoms with Gasteiger partial charge >= 0.3 is 0 Å². The van der Waals surface area contributed by atoms with Gasteiger partial charge < -0.3 is 5.73 Å². The third kappa shape index (κ3) is 2.91. The lowest BCUT2D eigenvalue weighted by atomic mass is 10.2. The molecule has 2 rings (SSSR count). The quantitative estimate of drug-likeness (QED) is 0.815. The number of anilines is 1. The Bertz CT molecular complexity index is 780. The third-order valence-electron chi connectivity index (χ3n) is 3.24. The van der Waals surface area contributed by atoms with Crippen LogP contribution in [0.1, 0.15) is 31.1 Å². The number of hydrogen-bond acceptors (Lipinski definition) is 5. The molecule has 0 spiro atoms. The van der Waals surface area contributed by atoms with Gasteiger partial charge in [-0.05, 0) is 24.6 Å². The first kappa shape index (κ1) is 15.5. The molecular formula is C13H19N5O2S. The van der Waals surface area contributed by atoms with Crippen molar-refractivity contribution in [2.75, 3.05) is 5.73 Å². The van der Waals surface area contributed by atoms with Gasteiger partial charge in [0.25, 0.3) is 0 Å². The van der Waals surface area contributed by atoms with Crippen LogP contribution in [-0.2, 0) is 22.9 Å². The van der Waals surface area contributed by atoms with Crippen LogP contribution in [0.5, 0.6) is 0 Å². The Morgan fingerprint density at radius 2 is 1.90 bits per heavy atom. The van der Waals surface area contributed by atoms with Crippen molar-refractivity contribution >= 4 is 15.7 Å². The van der Waals surface area contributed by atoms with Gasteiger partial charge in [0.2, 0.25) is 10.0 Å².